The molecule has 0 unspecified atom stereocenters. The maximum absolute atomic E-state index is 13.2. The molecule has 0 atom stereocenters. The van der Waals surface area contributed by atoms with E-state index < -0.39 is 11.9 Å². The highest BCUT2D eigenvalue weighted by Crippen LogP contribution is 2.31. The average molecular weight is 332 g/mol. The first kappa shape index (κ1) is 16.3. The van der Waals surface area contributed by atoms with Crippen molar-refractivity contribution in [3.63, 3.8) is 0 Å². The number of halogens is 3. The molecular formula is C18H15F3N2O. The third-order valence-corrected chi connectivity index (χ3v) is 3.41. The van der Waals surface area contributed by atoms with Gasteiger partial charge in [0.2, 0.25) is 0 Å². The van der Waals surface area contributed by atoms with E-state index in [4.69, 9.17) is 4.74 Å². The summed E-state index contributed by atoms with van der Waals surface area (Å²) in [5, 5.41) is 4.05. The first-order chi connectivity index (χ1) is 11.5. The molecular weight excluding hydrogens is 317 g/mol. The molecule has 3 aromatic rings. The van der Waals surface area contributed by atoms with Crippen LogP contribution in [0.2, 0.25) is 0 Å². The second-order valence-electron chi connectivity index (χ2n) is 5.24. The van der Waals surface area contributed by atoms with Gasteiger partial charge in [-0.05, 0) is 23.8 Å². The van der Waals surface area contributed by atoms with E-state index in [-0.39, 0.29) is 12.3 Å². The van der Waals surface area contributed by atoms with Crippen molar-refractivity contribution in [3.05, 3.63) is 83.7 Å². The molecule has 0 aliphatic rings. The van der Waals surface area contributed by atoms with Gasteiger partial charge in [0, 0.05) is 0 Å². The molecule has 0 spiro atoms. The molecule has 0 radical (unpaired) electrons. The van der Waals surface area contributed by atoms with Crippen LogP contribution in [0.15, 0.2) is 66.7 Å². The van der Waals surface area contributed by atoms with Crippen LogP contribution in [0, 0.1) is 0 Å². The van der Waals surface area contributed by atoms with Crippen LogP contribution < -0.4 is 0 Å². The van der Waals surface area contributed by atoms with E-state index in [1.54, 1.807) is 30.3 Å². The fourth-order valence-electron chi connectivity index (χ4n) is 2.32. The highest BCUT2D eigenvalue weighted by molar-refractivity contribution is 5.34. The van der Waals surface area contributed by atoms with Crippen LogP contribution in [0.1, 0.15) is 17.0 Å². The summed E-state index contributed by atoms with van der Waals surface area (Å²) >= 11 is 0. The molecule has 0 aliphatic heterocycles. The van der Waals surface area contributed by atoms with Crippen molar-refractivity contribution in [1.82, 2.24) is 9.78 Å². The lowest BCUT2D eigenvalue weighted by Gasteiger charge is -2.09. The van der Waals surface area contributed by atoms with E-state index >= 15 is 0 Å². The van der Waals surface area contributed by atoms with Gasteiger partial charge in [0.05, 0.1) is 24.6 Å². The van der Waals surface area contributed by atoms with Crippen molar-refractivity contribution in [2.45, 2.75) is 19.4 Å². The number of nitrogens with zero attached hydrogens (tertiary/aromatic N) is 2. The Kier molecular flexibility index (Phi) is 4.66. The van der Waals surface area contributed by atoms with Crippen LogP contribution in [0.3, 0.4) is 0 Å². The molecule has 6 heteroatoms. The van der Waals surface area contributed by atoms with E-state index in [2.05, 4.69) is 5.10 Å². The number of para-hydroxylation sites is 1. The van der Waals surface area contributed by atoms with E-state index in [0.29, 0.717) is 12.3 Å². The topological polar surface area (TPSA) is 27.1 Å². The lowest BCUT2D eigenvalue weighted by atomic mass is 10.2. The molecule has 0 saturated heterocycles. The van der Waals surface area contributed by atoms with E-state index in [1.807, 2.05) is 30.3 Å². The molecule has 3 rings (SSSR count). The van der Waals surface area contributed by atoms with Gasteiger partial charge in [-0.3, -0.25) is 0 Å². The van der Waals surface area contributed by atoms with Gasteiger partial charge in [-0.2, -0.15) is 18.3 Å². The molecule has 124 valence electrons. The summed E-state index contributed by atoms with van der Waals surface area (Å²) in [4.78, 5) is 0. The van der Waals surface area contributed by atoms with Crippen LogP contribution >= 0.6 is 0 Å². The molecule has 24 heavy (non-hydrogen) atoms. The predicted octanol–water partition coefficient (Wildman–Crippen LogP) is 4.61. The first-order valence-corrected chi connectivity index (χ1v) is 7.37. The highest BCUT2D eigenvalue weighted by atomic mass is 19.4. The summed E-state index contributed by atoms with van der Waals surface area (Å²) in [6.45, 7) is 0.332. The Morgan fingerprint density at radius 1 is 0.875 bits per heavy atom. The average Bonchev–Trinajstić information content (AvgIpc) is 3.01. The monoisotopic (exact) mass is 332 g/mol. The molecule has 1 aromatic heterocycles. The van der Waals surface area contributed by atoms with Crippen molar-refractivity contribution in [1.29, 1.82) is 0 Å². The normalized spacial score (nSPS) is 11.6. The largest absolute Gasteiger partial charge is 0.433 e. The van der Waals surface area contributed by atoms with Crippen LogP contribution in [-0.2, 0) is 24.1 Å². The van der Waals surface area contributed by atoms with Gasteiger partial charge in [0.1, 0.15) is 5.69 Å². The number of benzene rings is 2. The lowest BCUT2D eigenvalue weighted by Crippen LogP contribution is -2.13. The molecule has 1 heterocycles. The molecule has 0 bridgehead atoms. The number of alkyl halides is 3. The minimum Gasteiger partial charge on any atom is -0.370 e. The van der Waals surface area contributed by atoms with Gasteiger partial charge >= 0.3 is 6.18 Å². The van der Waals surface area contributed by atoms with Crippen LogP contribution in [0.25, 0.3) is 5.69 Å². The Hall–Kier alpha value is -2.60. The van der Waals surface area contributed by atoms with Crippen molar-refractivity contribution in [2.24, 2.45) is 0 Å². The van der Waals surface area contributed by atoms with Gasteiger partial charge in [0.25, 0.3) is 0 Å². The van der Waals surface area contributed by atoms with Crippen molar-refractivity contribution in [2.75, 3.05) is 0 Å². The predicted molar refractivity (Wildman–Crippen MR) is 83.5 cm³/mol. The summed E-state index contributed by atoms with van der Waals surface area (Å²) in [7, 11) is 0. The molecule has 0 N–H and O–H groups in total. The van der Waals surface area contributed by atoms with E-state index in [1.165, 1.54) is 0 Å². The summed E-state index contributed by atoms with van der Waals surface area (Å²) in [5.41, 5.74) is 0.740. The summed E-state index contributed by atoms with van der Waals surface area (Å²) in [6.07, 6.45) is -4.49. The first-order valence-electron chi connectivity index (χ1n) is 7.37. The van der Waals surface area contributed by atoms with Gasteiger partial charge in [-0.1, -0.05) is 48.5 Å². The Bertz CT molecular complexity index is 783. The highest BCUT2D eigenvalue weighted by Gasteiger charge is 2.36. The van der Waals surface area contributed by atoms with E-state index in [9.17, 15) is 13.2 Å². The molecule has 0 amide bonds. The van der Waals surface area contributed by atoms with Crippen molar-refractivity contribution >= 4 is 0 Å². The van der Waals surface area contributed by atoms with Crippen LogP contribution in [0.5, 0.6) is 0 Å². The maximum atomic E-state index is 13.2. The Morgan fingerprint density at radius 2 is 1.50 bits per heavy atom. The zero-order chi connectivity index (χ0) is 17.0. The smallest absolute Gasteiger partial charge is 0.370 e. The van der Waals surface area contributed by atoms with Gasteiger partial charge < -0.3 is 4.74 Å². The second kappa shape index (κ2) is 6.88. The van der Waals surface area contributed by atoms with Gasteiger partial charge in [-0.25, -0.2) is 4.68 Å². The SMILES string of the molecule is FC(F)(F)c1cc(COCc2ccccc2)nn1-c1ccccc1. The standard InChI is InChI=1S/C18H15F3N2O/c19-18(20,21)17-11-15(13-24-12-14-7-3-1-4-8-14)22-23(17)16-9-5-2-6-10-16/h1-11H,12-13H2. The number of ether oxygens (including phenoxy) is 1. The molecule has 0 aliphatic carbocycles. The fourth-order valence-corrected chi connectivity index (χ4v) is 2.32. The van der Waals surface area contributed by atoms with Gasteiger partial charge in [0.15, 0.2) is 0 Å². The Balaban J connectivity index is 1.78. The maximum Gasteiger partial charge on any atom is 0.433 e. The molecule has 3 nitrogen and oxygen atoms in total. The minimum atomic E-state index is -4.49. The zero-order valence-electron chi connectivity index (χ0n) is 12.7. The minimum absolute atomic E-state index is 0.0117. The molecule has 2 aromatic carbocycles. The number of hydrogen-bond acceptors (Lipinski definition) is 2. The Labute approximate surface area is 137 Å². The summed E-state index contributed by atoms with van der Waals surface area (Å²) in [5.74, 6) is 0. The Morgan fingerprint density at radius 3 is 2.12 bits per heavy atom. The van der Waals surface area contributed by atoms with Gasteiger partial charge in [-0.15, -0.1) is 0 Å². The lowest BCUT2D eigenvalue weighted by molar-refractivity contribution is -0.142. The zero-order valence-corrected chi connectivity index (χ0v) is 12.7. The summed E-state index contributed by atoms with van der Waals surface area (Å²) < 4.78 is 46.1. The van der Waals surface area contributed by atoms with Crippen LogP contribution in [-0.4, -0.2) is 9.78 Å². The van der Waals surface area contributed by atoms with Crippen molar-refractivity contribution in [3.8, 4) is 5.69 Å². The number of rotatable bonds is 5. The van der Waals surface area contributed by atoms with Crippen molar-refractivity contribution < 1.29 is 17.9 Å². The number of aromatic nitrogens is 2. The fraction of sp³-hybridized carbons (Fsp3) is 0.167. The third-order valence-electron chi connectivity index (χ3n) is 3.41. The second-order valence-corrected chi connectivity index (χ2v) is 5.24. The van der Waals surface area contributed by atoms with Crippen LogP contribution in [0.4, 0.5) is 13.2 Å². The van der Waals surface area contributed by atoms with E-state index in [0.717, 1.165) is 16.3 Å². The summed E-state index contributed by atoms with van der Waals surface area (Å²) in [6, 6.07) is 18.7. The molecule has 0 saturated carbocycles. The quantitative estimate of drug-likeness (QED) is 0.682. The third kappa shape index (κ3) is 3.83. The number of hydrogen-bond donors (Lipinski definition) is 0. The molecule has 0 fully saturated rings.